The van der Waals surface area contributed by atoms with Crippen molar-refractivity contribution in [2.75, 3.05) is 60.8 Å². The predicted octanol–water partition coefficient (Wildman–Crippen LogP) is 6.73. The first-order valence-corrected chi connectivity index (χ1v) is 23.8. The number of nitrogens with two attached hydrogens (primary N) is 1. The van der Waals surface area contributed by atoms with Gasteiger partial charge in [0.2, 0.25) is 29.4 Å². The molecule has 2 aliphatic rings. The Morgan fingerprint density at radius 1 is 0.667 bits per heavy atom. The second-order valence-electron chi connectivity index (χ2n) is 18.2. The van der Waals surface area contributed by atoms with E-state index in [2.05, 4.69) is 41.2 Å². The number of hydrogen-bond acceptors (Lipinski definition) is 16. The van der Waals surface area contributed by atoms with E-state index in [0.717, 1.165) is 0 Å². The number of anilines is 6. The lowest BCUT2D eigenvalue weighted by Crippen LogP contribution is -2.70. The molecule has 0 spiro atoms. The van der Waals surface area contributed by atoms with Gasteiger partial charge in [0.1, 0.15) is 59.8 Å². The number of morpholine rings is 2. The van der Waals surface area contributed by atoms with Gasteiger partial charge in [0.25, 0.3) is 0 Å². The van der Waals surface area contributed by atoms with Crippen LogP contribution < -0.4 is 27.0 Å². The lowest BCUT2D eigenvalue weighted by atomic mass is 10.00. The van der Waals surface area contributed by atoms with Crippen LogP contribution in [-0.4, -0.2) is 122 Å². The molecule has 19 nitrogen and oxygen atoms in total. The number of benzene rings is 2. The quantitative estimate of drug-likeness (QED) is 0.0653. The van der Waals surface area contributed by atoms with E-state index in [9.17, 15) is 10.5 Å². The van der Waals surface area contributed by atoms with Crippen molar-refractivity contribution < 1.29 is 23.9 Å². The molecule has 6 rings (SSSR count). The summed E-state index contributed by atoms with van der Waals surface area (Å²) in [7, 11) is 0. The Bertz CT molecular complexity index is 2330. The Morgan fingerprint density at radius 2 is 1.04 bits per heavy atom. The van der Waals surface area contributed by atoms with Gasteiger partial charge in [0.05, 0.1) is 32.5 Å². The molecule has 69 heavy (non-hydrogen) atoms. The number of nitrogens with one attached hydrogen (secondary N) is 4. The zero-order valence-electron chi connectivity index (χ0n) is 39.7. The molecule has 2 unspecified atom stereocenters. The summed E-state index contributed by atoms with van der Waals surface area (Å²) in [5.74, 6) is -0.281. The highest BCUT2D eigenvalue weighted by molar-refractivity contribution is 6.30. The zero-order valence-corrected chi connectivity index (χ0v) is 41.2. The van der Waals surface area contributed by atoms with Crippen LogP contribution in [0.15, 0.2) is 60.7 Å². The van der Waals surface area contributed by atoms with Crippen LogP contribution in [0.25, 0.3) is 0 Å². The number of halogens is 2. The van der Waals surface area contributed by atoms with Gasteiger partial charge in [-0.25, -0.2) is 19.9 Å². The molecule has 6 N–H and O–H groups in total. The minimum absolute atomic E-state index is 0.0146. The van der Waals surface area contributed by atoms with Crippen LogP contribution >= 0.6 is 23.2 Å². The fraction of sp³-hybridized carbons (Fsp3) is 0.479. The Labute approximate surface area is 413 Å². The van der Waals surface area contributed by atoms with Gasteiger partial charge < -0.3 is 46.3 Å². The Hall–Kier alpha value is -6.35. The second kappa shape index (κ2) is 24.3. The van der Waals surface area contributed by atoms with Gasteiger partial charge in [-0.15, -0.1) is 0 Å². The fourth-order valence-electron chi connectivity index (χ4n) is 8.22. The van der Waals surface area contributed by atoms with E-state index in [-0.39, 0.29) is 92.4 Å². The van der Waals surface area contributed by atoms with Crippen LogP contribution in [0.2, 0.25) is 10.0 Å². The normalized spacial score (nSPS) is 17.4. The maximum atomic E-state index is 15.2. The third-order valence-electron chi connectivity index (χ3n) is 11.3. The van der Waals surface area contributed by atoms with E-state index in [4.69, 9.17) is 38.4 Å². The van der Waals surface area contributed by atoms with Crippen molar-refractivity contribution in [3.05, 3.63) is 82.4 Å². The summed E-state index contributed by atoms with van der Waals surface area (Å²) in [6, 6.07) is 18.4. The molecule has 0 aliphatic carbocycles. The van der Waals surface area contributed by atoms with E-state index in [1.807, 2.05) is 53.7 Å². The van der Waals surface area contributed by atoms with Gasteiger partial charge in [0, 0.05) is 46.6 Å². The molecule has 0 saturated carbocycles. The molecule has 4 heterocycles. The van der Waals surface area contributed by atoms with E-state index < -0.39 is 36.4 Å². The van der Waals surface area contributed by atoms with Gasteiger partial charge in [-0.05, 0) is 85.5 Å². The van der Waals surface area contributed by atoms with Crippen molar-refractivity contribution in [3.63, 3.8) is 0 Å². The van der Waals surface area contributed by atoms with Gasteiger partial charge in [-0.2, -0.15) is 10.5 Å². The number of amides is 3. The molecule has 2 aliphatic heterocycles. The maximum absolute atomic E-state index is 15.2. The highest BCUT2D eigenvalue weighted by atomic mass is 35.5. The number of hydrogen-bond donors (Lipinski definition) is 5. The first kappa shape index (κ1) is 52.0. The van der Waals surface area contributed by atoms with Gasteiger partial charge in [-0.3, -0.25) is 19.3 Å². The largest absolute Gasteiger partial charge is 0.376 e. The molecule has 2 aromatic carbocycles. The van der Waals surface area contributed by atoms with Crippen LogP contribution in [-0.2, 0) is 23.9 Å². The molecule has 3 amide bonds. The number of carbonyl (C=O) groups excluding carboxylic acids is 3. The van der Waals surface area contributed by atoms with E-state index in [1.54, 1.807) is 70.5 Å². The third kappa shape index (κ3) is 14.3. The molecule has 5 atom stereocenters. The van der Waals surface area contributed by atoms with Crippen molar-refractivity contribution in [2.24, 2.45) is 23.5 Å². The van der Waals surface area contributed by atoms with Crippen molar-refractivity contribution in [1.29, 1.82) is 10.5 Å². The van der Waals surface area contributed by atoms with Gasteiger partial charge in [0.15, 0.2) is 0 Å². The number of ether oxygens (including phenoxy) is 2. The van der Waals surface area contributed by atoms with E-state index in [0.29, 0.717) is 52.3 Å². The number of rotatable bonds is 19. The average molecular weight is 984 g/mol. The Balaban J connectivity index is 1.34. The Kier molecular flexibility index (Phi) is 18.3. The number of nitrogens with zero attached hydrogens (tertiary/aromatic N) is 9. The highest BCUT2D eigenvalue weighted by Crippen LogP contribution is 2.28. The summed E-state index contributed by atoms with van der Waals surface area (Å²) in [6.45, 7) is 12.3. The summed E-state index contributed by atoms with van der Waals surface area (Å²) in [5, 5.41) is 33.8. The van der Waals surface area contributed by atoms with Crippen LogP contribution in [0.1, 0.15) is 72.5 Å². The Morgan fingerprint density at radius 3 is 1.41 bits per heavy atom. The molecule has 2 fully saturated rings. The summed E-state index contributed by atoms with van der Waals surface area (Å²) < 4.78 is 12.1. The van der Waals surface area contributed by atoms with Crippen molar-refractivity contribution in [1.82, 2.24) is 34.6 Å². The fourth-order valence-corrected chi connectivity index (χ4v) is 8.48. The minimum atomic E-state index is -1.02. The number of carbonyl (C=O) groups is 3. The second-order valence-corrected chi connectivity index (χ2v) is 19.1. The summed E-state index contributed by atoms with van der Waals surface area (Å²) in [5.41, 5.74) is 8.07. The van der Waals surface area contributed by atoms with Crippen LogP contribution in [0, 0.1) is 40.4 Å². The molecule has 21 heteroatoms. The number of aromatic nitrogens is 4. The first-order chi connectivity index (χ1) is 33.0. The summed E-state index contributed by atoms with van der Waals surface area (Å²) in [6.07, 6.45) is -1.01. The molecule has 4 aromatic rings. The first-order valence-electron chi connectivity index (χ1n) is 23.0. The van der Waals surface area contributed by atoms with Crippen molar-refractivity contribution >= 4 is 75.6 Å². The SMILES string of the molecule is CC(C)C[C@H](Nc1cc(Nc2ccc(Cl)cc2)nc(C#N)n1)C(=O)N1CCOCC1N(C(=O)[C@@H](N)CC(C)C)C1COCCN1C(=O)[C@H](CC(C)C)Nc1cc(Nc2ccc(Cl)cc2)nc(C#N)n1. The van der Waals surface area contributed by atoms with E-state index >= 15 is 14.4 Å². The summed E-state index contributed by atoms with van der Waals surface area (Å²) >= 11 is 12.2. The van der Waals surface area contributed by atoms with Crippen LogP contribution in [0.5, 0.6) is 0 Å². The predicted molar refractivity (Wildman–Crippen MR) is 264 cm³/mol. The molecule has 2 aromatic heterocycles. The monoisotopic (exact) mass is 982 g/mol. The van der Waals surface area contributed by atoms with Crippen molar-refractivity contribution in [3.8, 4) is 12.1 Å². The molecule has 0 radical (unpaired) electrons. The van der Waals surface area contributed by atoms with Crippen molar-refractivity contribution in [2.45, 2.75) is 91.3 Å². The lowest BCUT2D eigenvalue weighted by Gasteiger charge is -2.51. The van der Waals surface area contributed by atoms with Gasteiger partial charge in [-0.1, -0.05) is 64.7 Å². The third-order valence-corrected chi connectivity index (χ3v) is 11.8. The molecule has 366 valence electrons. The van der Waals surface area contributed by atoms with Gasteiger partial charge >= 0.3 is 0 Å². The van der Waals surface area contributed by atoms with Crippen LogP contribution in [0.4, 0.5) is 34.6 Å². The molecule has 0 bridgehead atoms. The lowest BCUT2D eigenvalue weighted by molar-refractivity contribution is -0.184. The summed E-state index contributed by atoms with van der Waals surface area (Å²) in [4.78, 5) is 67.5. The van der Waals surface area contributed by atoms with Crippen LogP contribution in [0.3, 0.4) is 0 Å². The van der Waals surface area contributed by atoms with E-state index in [1.165, 1.54) is 4.90 Å². The minimum Gasteiger partial charge on any atom is -0.376 e. The average Bonchev–Trinajstić information content (AvgIpc) is 3.32. The topological polar surface area (TPSA) is 253 Å². The molecular weight excluding hydrogens is 924 g/mol. The standard InChI is InChI=1S/C48H60Cl2N14O5/c1-28(2)19-35(53)46(65)64(44-26-68-17-15-62(44)47(66)36(20-29(3)4)56-40-22-38(58-42(24-51)60-40)54-33-11-7-31(49)8-12-33)45-27-69-18-16-63(45)48(67)37(21-30(5)6)57-41-23-39(59-43(25-52)61-41)55-34-13-9-32(50)10-14-34/h7-14,22-23,28-30,35-37,44-45H,15-21,26-27,53H2,1-6H3,(H2,54,56,58,60)(H2,55,57,59,61)/t35-,36-,37-,44?,45?/m0/s1. The number of nitriles is 2. The molecular formula is C48H60Cl2N14O5. The molecule has 2 saturated heterocycles. The zero-order chi connectivity index (χ0) is 49.8. The maximum Gasteiger partial charge on any atom is 0.246 e. The smallest absolute Gasteiger partial charge is 0.246 e. The highest BCUT2D eigenvalue weighted by Gasteiger charge is 2.46.